The summed E-state index contributed by atoms with van der Waals surface area (Å²) < 4.78 is 2.03. The lowest BCUT2D eigenvalue weighted by molar-refractivity contribution is 0.0697. The van der Waals surface area contributed by atoms with E-state index < -0.39 is 5.97 Å². The van der Waals surface area contributed by atoms with Crippen LogP contribution in [0.5, 0.6) is 0 Å². The number of allylic oxidation sites excluding steroid dienone is 1. The van der Waals surface area contributed by atoms with Crippen LogP contribution < -0.4 is 0 Å². The van der Waals surface area contributed by atoms with Gasteiger partial charge in [0.25, 0.3) is 0 Å². The molecular weight excluding hydrogens is 240 g/mol. The maximum absolute atomic E-state index is 11.0. The van der Waals surface area contributed by atoms with Gasteiger partial charge in [-0.3, -0.25) is 0 Å². The van der Waals surface area contributed by atoms with Crippen molar-refractivity contribution in [2.45, 2.75) is 19.4 Å². The van der Waals surface area contributed by atoms with Crippen LogP contribution in [0.1, 0.15) is 27.9 Å². The van der Waals surface area contributed by atoms with Gasteiger partial charge in [0.2, 0.25) is 0 Å². The molecule has 3 rings (SSSR count). The lowest BCUT2D eigenvalue weighted by Crippen LogP contribution is -2.06. The Morgan fingerprint density at radius 3 is 3.00 bits per heavy atom. The van der Waals surface area contributed by atoms with Crippen LogP contribution >= 0.6 is 0 Å². The quantitative estimate of drug-likeness (QED) is 0.916. The Labute approximate surface area is 111 Å². The average molecular weight is 254 g/mol. The second kappa shape index (κ2) is 4.72. The summed E-state index contributed by atoms with van der Waals surface area (Å²) in [5.74, 6) is -0.877. The number of fused-ring (bicyclic) bond motifs is 1. The molecule has 4 heteroatoms. The fraction of sp³-hybridized carbons (Fsp3) is 0.200. The highest BCUT2D eigenvalue weighted by molar-refractivity contribution is 5.88. The van der Waals surface area contributed by atoms with E-state index in [2.05, 4.69) is 11.1 Å². The van der Waals surface area contributed by atoms with E-state index in [9.17, 15) is 4.79 Å². The monoisotopic (exact) mass is 254 g/mol. The van der Waals surface area contributed by atoms with Crippen LogP contribution in [0.2, 0.25) is 0 Å². The molecule has 0 amide bonds. The van der Waals surface area contributed by atoms with E-state index in [1.807, 2.05) is 16.8 Å². The first kappa shape index (κ1) is 11.7. The van der Waals surface area contributed by atoms with Crippen molar-refractivity contribution in [3.8, 4) is 0 Å². The third kappa shape index (κ3) is 2.42. The van der Waals surface area contributed by atoms with E-state index in [0.717, 1.165) is 24.9 Å². The van der Waals surface area contributed by atoms with Gasteiger partial charge in [-0.1, -0.05) is 12.1 Å². The van der Waals surface area contributed by atoms with Gasteiger partial charge in [0.1, 0.15) is 0 Å². The van der Waals surface area contributed by atoms with Gasteiger partial charge in [-0.2, -0.15) is 0 Å². The molecule has 1 N–H and O–H groups in total. The third-order valence-corrected chi connectivity index (χ3v) is 3.41. The lowest BCUT2D eigenvalue weighted by atomic mass is 9.91. The molecule has 0 unspecified atom stereocenters. The maximum atomic E-state index is 11.0. The zero-order chi connectivity index (χ0) is 13.2. The standard InChI is InChI=1S/C15H14N2O2/c18-15(19)13-4-3-12-2-1-11(7-14(12)8-13)9-17-6-5-16-10-17/h3-8,10H,1-2,9H2,(H,18,19). The number of nitrogens with zero attached hydrogens (tertiary/aromatic N) is 2. The average Bonchev–Trinajstić information content (AvgIpc) is 2.90. The highest BCUT2D eigenvalue weighted by Gasteiger charge is 2.13. The SMILES string of the molecule is O=C(O)c1ccc2c(c1)C=C(Cn1ccnc1)CC2. The summed E-state index contributed by atoms with van der Waals surface area (Å²) in [7, 11) is 0. The van der Waals surface area contributed by atoms with Gasteiger partial charge in [0, 0.05) is 18.9 Å². The van der Waals surface area contributed by atoms with Crippen LogP contribution in [0.3, 0.4) is 0 Å². The maximum Gasteiger partial charge on any atom is 0.335 e. The molecule has 1 heterocycles. The third-order valence-electron chi connectivity index (χ3n) is 3.41. The Kier molecular flexibility index (Phi) is 2.91. The Morgan fingerprint density at radius 2 is 2.26 bits per heavy atom. The van der Waals surface area contributed by atoms with Crippen molar-refractivity contribution in [2.75, 3.05) is 0 Å². The number of carboxylic acids is 1. The van der Waals surface area contributed by atoms with Crippen LogP contribution in [-0.4, -0.2) is 20.6 Å². The lowest BCUT2D eigenvalue weighted by Gasteiger charge is -2.17. The number of hydrogen-bond donors (Lipinski definition) is 1. The molecule has 96 valence electrons. The Bertz CT molecular complexity index is 642. The van der Waals surface area contributed by atoms with Gasteiger partial charge >= 0.3 is 5.97 Å². The topological polar surface area (TPSA) is 55.1 Å². The summed E-state index contributed by atoms with van der Waals surface area (Å²) in [6, 6.07) is 5.35. The van der Waals surface area contributed by atoms with Gasteiger partial charge in [0.05, 0.1) is 11.9 Å². The Hall–Kier alpha value is -2.36. The van der Waals surface area contributed by atoms with Crippen LogP contribution in [0, 0.1) is 0 Å². The normalized spacial score (nSPS) is 13.8. The van der Waals surface area contributed by atoms with E-state index >= 15 is 0 Å². The Morgan fingerprint density at radius 1 is 1.37 bits per heavy atom. The van der Waals surface area contributed by atoms with Gasteiger partial charge in [0.15, 0.2) is 0 Å². The summed E-state index contributed by atoms with van der Waals surface area (Å²) >= 11 is 0. The summed E-state index contributed by atoms with van der Waals surface area (Å²) in [4.78, 5) is 15.0. The molecule has 0 aliphatic heterocycles. The van der Waals surface area contributed by atoms with Crippen molar-refractivity contribution >= 4 is 12.0 Å². The summed E-state index contributed by atoms with van der Waals surface area (Å²) in [5, 5.41) is 9.03. The molecule has 0 bridgehead atoms. The van der Waals surface area contributed by atoms with Crippen molar-refractivity contribution in [1.29, 1.82) is 0 Å². The van der Waals surface area contributed by atoms with E-state index in [1.165, 1.54) is 11.1 Å². The first-order valence-corrected chi connectivity index (χ1v) is 6.24. The van der Waals surface area contributed by atoms with Crippen LogP contribution in [0.25, 0.3) is 6.08 Å². The summed E-state index contributed by atoms with van der Waals surface area (Å²) in [6.45, 7) is 0.816. The number of benzene rings is 1. The number of hydrogen-bond acceptors (Lipinski definition) is 2. The number of aryl methyl sites for hydroxylation is 1. The number of carbonyl (C=O) groups is 1. The molecule has 0 fully saturated rings. The largest absolute Gasteiger partial charge is 0.478 e. The number of rotatable bonds is 3. The van der Waals surface area contributed by atoms with E-state index in [4.69, 9.17) is 5.11 Å². The predicted molar refractivity (Wildman–Crippen MR) is 71.9 cm³/mol. The summed E-state index contributed by atoms with van der Waals surface area (Å²) in [6.07, 6.45) is 9.58. The van der Waals surface area contributed by atoms with Gasteiger partial charge < -0.3 is 9.67 Å². The van der Waals surface area contributed by atoms with Crippen molar-refractivity contribution in [3.63, 3.8) is 0 Å². The second-order valence-corrected chi connectivity index (χ2v) is 4.76. The Balaban J connectivity index is 1.90. The number of imidazole rings is 1. The molecule has 0 saturated carbocycles. The molecule has 0 radical (unpaired) electrons. The zero-order valence-electron chi connectivity index (χ0n) is 10.4. The first-order valence-electron chi connectivity index (χ1n) is 6.24. The highest BCUT2D eigenvalue weighted by Crippen LogP contribution is 2.25. The smallest absolute Gasteiger partial charge is 0.335 e. The zero-order valence-corrected chi connectivity index (χ0v) is 10.4. The fourth-order valence-electron chi connectivity index (χ4n) is 2.42. The minimum atomic E-state index is -0.877. The van der Waals surface area contributed by atoms with Crippen molar-refractivity contribution in [1.82, 2.24) is 9.55 Å². The number of aromatic carboxylic acids is 1. The number of aromatic nitrogens is 2. The van der Waals surface area contributed by atoms with E-state index in [-0.39, 0.29) is 0 Å². The minimum absolute atomic E-state index is 0.346. The van der Waals surface area contributed by atoms with Crippen molar-refractivity contribution < 1.29 is 9.90 Å². The molecule has 4 nitrogen and oxygen atoms in total. The first-order chi connectivity index (χ1) is 9.22. The summed E-state index contributed by atoms with van der Waals surface area (Å²) in [5.41, 5.74) is 3.90. The second-order valence-electron chi connectivity index (χ2n) is 4.76. The van der Waals surface area contributed by atoms with Crippen molar-refractivity contribution in [2.24, 2.45) is 0 Å². The molecule has 1 aliphatic carbocycles. The van der Waals surface area contributed by atoms with Gasteiger partial charge in [-0.25, -0.2) is 9.78 Å². The van der Waals surface area contributed by atoms with Crippen LogP contribution in [0.4, 0.5) is 0 Å². The molecule has 0 atom stereocenters. The van der Waals surface area contributed by atoms with E-state index in [1.54, 1.807) is 24.7 Å². The fourth-order valence-corrected chi connectivity index (χ4v) is 2.42. The molecule has 1 aromatic heterocycles. The van der Waals surface area contributed by atoms with Gasteiger partial charge in [-0.05, 0) is 41.7 Å². The molecule has 0 spiro atoms. The predicted octanol–water partition coefficient (Wildman–Crippen LogP) is 2.61. The van der Waals surface area contributed by atoms with Crippen LogP contribution in [0.15, 0.2) is 42.5 Å². The van der Waals surface area contributed by atoms with E-state index in [0.29, 0.717) is 5.56 Å². The molecule has 19 heavy (non-hydrogen) atoms. The molecule has 2 aromatic rings. The van der Waals surface area contributed by atoms with Gasteiger partial charge in [-0.15, -0.1) is 0 Å². The highest BCUT2D eigenvalue weighted by atomic mass is 16.4. The van der Waals surface area contributed by atoms with Crippen molar-refractivity contribution in [3.05, 3.63) is 59.2 Å². The molecule has 0 saturated heterocycles. The molecule has 1 aromatic carbocycles. The molecular formula is C15H14N2O2. The van der Waals surface area contributed by atoms with Crippen LogP contribution in [-0.2, 0) is 13.0 Å². The molecule has 1 aliphatic rings. The minimum Gasteiger partial charge on any atom is -0.478 e. The number of carboxylic acid groups (broad SMARTS) is 1.